The smallest absolute Gasteiger partial charge is 0.229 e. The third-order valence-electron chi connectivity index (χ3n) is 8.22. The lowest BCUT2D eigenvalue weighted by molar-refractivity contribution is -0.136. The number of ketones is 2. The molecule has 40 heavy (non-hydrogen) atoms. The molecule has 1 aromatic heterocycles. The lowest BCUT2D eigenvalue weighted by atomic mass is 9.88. The van der Waals surface area contributed by atoms with Gasteiger partial charge in [-0.1, -0.05) is 0 Å². The van der Waals surface area contributed by atoms with Gasteiger partial charge in [0.25, 0.3) is 0 Å². The Morgan fingerprint density at radius 3 is 2.58 bits per heavy atom. The monoisotopic (exact) mass is 548 g/mol. The lowest BCUT2D eigenvalue weighted by Crippen LogP contribution is -2.47. The van der Waals surface area contributed by atoms with Crippen molar-refractivity contribution in [1.29, 1.82) is 0 Å². The molecule has 1 saturated carbocycles. The number of rotatable bonds is 12. The Morgan fingerprint density at radius 1 is 1.02 bits per heavy atom. The molecule has 0 radical (unpaired) electrons. The summed E-state index contributed by atoms with van der Waals surface area (Å²) in [6, 6.07) is 9.12. The molecule has 2 aromatic rings. The van der Waals surface area contributed by atoms with Gasteiger partial charge in [-0.15, -0.1) is 0 Å². The Bertz CT molecular complexity index is 1270. The number of hydrogen-bond acceptors (Lipinski definition) is 9. The second-order valence-electron chi connectivity index (χ2n) is 11.0. The van der Waals surface area contributed by atoms with Crippen LogP contribution in [-0.2, 0) is 9.59 Å². The van der Waals surface area contributed by atoms with Gasteiger partial charge in [0, 0.05) is 48.4 Å². The van der Waals surface area contributed by atoms with Crippen LogP contribution in [0.2, 0.25) is 0 Å². The Morgan fingerprint density at radius 2 is 1.82 bits per heavy atom. The van der Waals surface area contributed by atoms with E-state index in [9.17, 15) is 19.2 Å². The van der Waals surface area contributed by atoms with Crippen molar-refractivity contribution in [2.24, 2.45) is 11.8 Å². The minimum atomic E-state index is -0.773. The molecule has 2 fully saturated rings. The highest BCUT2D eigenvalue weighted by atomic mass is 16.5. The first kappa shape index (κ1) is 27.8. The van der Waals surface area contributed by atoms with Crippen molar-refractivity contribution in [1.82, 2.24) is 15.2 Å². The van der Waals surface area contributed by atoms with E-state index >= 15 is 0 Å². The number of ether oxygens (including phenoxy) is 2. The normalized spacial score (nSPS) is 24.1. The van der Waals surface area contributed by atoms with E-state index in [0.29, 0.717) is 66.8 Å². The summed E-state index contributed by atoms with van der Waals surface area (Å²) in [5, 5.41) is 2.34. The summed E-state index contributed by atoms with van der Waals surface area (Å²) in [7, 11) is 2.12. The SMILES string of the molecule is CN(CCCCOc1ccc(N)cn1)C1CC(Oc2ccc3c(c2)C(=O)C(CCC2CCC(=O)NC2=O)C3=O)C1. The van der Waals surface area contributed by atoms with E-state index in [2.05, 4.69) is 22.2 Å². The summed E-state index contributed by atoms with van der Waals surface area (Å²) in [5.41, 5.74) is 7.08. The van der Waals surface area contributed by atoms with Crippen molar-refractivity contribution < 1.29 is 28.7 Å². The van der Waals surface area contributed by atoms with Gasteiger partial charge in [0.2, 0.25) is 17.7 Å². The van der Waals surface area contributed by atoms with Crippen LogP contribution < -0.4 is 20.5 Å². The molecule has 10 heteroatoms. The van der Waals surface area contributed by atoms with Gasteiger partial charge in [-0.2, -0.15) is 0 Å². The minimum Gasteiger partial charge on any atom is -0.490 e. The van der Waals surface area contributed by atoms with Crippen molar-refractivity contribution >= 4 is 29.1 Å². The summed E-state index contributed by atoms with van der Waals surface area (Å²) in [4.78, 5) is 55.9. The molecule has 2 amide bonds. The number of anilines is 1. The number of amides is 2. The topological polar surface area (TPSA) is 141 Å². The number of fused-ring (bicyclic) bond motifs is 1. The maximum absolute atomic E-state index is 13.1. The summed E-state index contributed by atoms with van der Waals surface area (Å²) < 4.78 is 11.8. The first-order chi connectivity index (χ1) is 19.3. The molecule has 2 aliphatic carbocycles. The molecule has 10 nitrogen and oxygen atoms in total. The highest BCUT2D eigenvalue weighted by Gasteiger charge is 2.40. The first-order valence-corrected chi connectivity index (χ1v) is 14.1. The zero-order chi connectivity index (χ0) is 28.2. The van der Waals surface area contributed by atoms with E-state index in [4.69, 9.17) is 15.2 Å². The Balaban J connectivity index is 1.03. The highest BCUT2D eigenvalue weighted by molar-refractivity contribution is 6.26. The molecule has 3 N–H and O–H groups in total. The largest absolute Gasteiger partial charge is 0.490 e. The van der Waals surface area contributed by atoms with Crippen LogP contribution in [0.3, 0.4) is 0 Å². The van der Waals surface area contributed by atoms with Crippen molar-refractivity contribution in [3.05, 3.63) is 47.7 Å². The Kier molecular flexibility index (Phi) is 8.44. The fourth-order valence-corrected chi connectivity index (χ4v) is 5.64. The molecule has 2 heterocycles. The third-order valence-corrected chi connectivity index (χ3v) is 8.22. The number of pyridine rings is 1. The number of benzene rings is 1. The second kappa shape index (κ2) is 12.2. The minimum absolute atomic E-state index is 0.0703. The van der Waals surface area contributed by atoms with Gasteiger partial charge in [-0.05, 0) is 70.0 Å². The van der Waals surface area contributed by atoms with Crippen molar-refractivity contribution in [3.63, 3.8) is 0 Å². The lowest BCUT2D eigenvalue weighted by Gasteiger charge is -2.41. The standard InChI is InChI=1S/C30H36N4O6/c1-34(12-2-3-13-39-27-11-6-19(31)17-32-27)20-14-22(15-20)40-21-7-9-23-25(16-21)29(37)24(28(23)36)8-4-18-5-10-26(35)33-30(18)38/h6-7,9,11,16-18,20,22,24H,2-5,8,10,12-15,31H2,1H3,(H,33,35,38). The molecular formula is C30H36N4O6. The van der Waals surface area contributed by atoms with Crippen molar-refractivity contribution in [3.8, 4) is 11.6 Å². The summed E-state index contributed by atoms with van der Waals surface area (Å²) in [6.45, 7) is 1.57. The van der Waals surface area contributed by atoms with Gasteiger partial charge in [-0.25, -0.2) is 4.98 Å². The van der Waals surface area contributed by atoms with Gasteiger partial charge in [0.15, 0.2) is 11.6 Å². The van der Waals surface area contributed by atoms with Crippen LogP contribution in [0.25, 0.3) is 0 Å². The van der Waals surface area contributed by atoms with Crippen molar-refractivity contribution in [2.75, 3.05) is 25.9 Å². The van der Waals surface area contributed by atoms with Crippen LogP contribution >= 0.6 is 0 Å². The van der Waals surface area contributed by atoms with Crippen LogP contribution in [-0.4, -0.2) is 65.6 Å². The second-order valence-corrected chi connectivity index (χ2v) is 11.0. The number of nitrogens with one attached hydrogen (secondary N) is 1. The summed E-state index contributed by atoms with van der Waals surface area (Å²) in [5.74, 6) is -0.913. The number of Topliss-reactive ketones (excluding diaryl/α,β-unsaturated/α-hetero) is 2. The van der Waals surface area contributed by atoms with Gasteiger partial charge in [0.1, 0.15) is 11.9 Å². The molecule has 5 rings (SSSR count). The number of aromatic nitrogens is 1. The summed E-state index contributed by atoms with van der Waals surface area (Å²) >= 11 is 0. The predicted molar refractivity (Wildman–Crippen MR) is 147 cm³/mol. The maximum atomic E-state index is 13.1. The first-order valence-electron chi connectivity index (χ1n) is 14.1. The molecule has 2 atom stereocenters. The van der Waals surface area contributed by atoms with E-state index in [1.54, 1.807) is 36.5 Å². The van der Waals surface area contributed by atoms with E-state index in [-0.39, 0.29) is 35.4 Å². The maximum Gasteiger partial charge on any atom is 0.229 e. The number of unbranched alkanes of at least 4 members (excludes halogenated alkanes) is 1. The average molecular weight is 549 g/mol. The fraction of sp³-hybridized carbons (Fsp3) is 0.500. The average Bonchev–Trinajstić information content (AvgIpc) is 3.14. The van der Waals surface area contributed by atoms with Crippen molar-refractivity contribution in [2.45, 2.75) is 63.5 Å². The van der Waals surface area contributed by atoms with Crippen LogP contribution in [0.1, 0.15) is 72.1 Å². The zero-order valence-electron chi connectivity index (χ0n) is 22.8. The molecule has 1 aromatic carbocycles. The molecular weight excluding hydrogens is 512 g/mol. The number of hydrogen-bond donors (Lipinski definition) is 2. The van der Waals surface area contributed by atoms with Crippen LogP contribution in [0.4, 0.5) is 5.69 Å². The Labute approximate surface area is 233 Å². The molecule has 212 valence electrons. The fourth-order valence-electron chi connectivity index (χ4n) is 5.64. The van der Waals surface area contributed by atoms with Gasteiger partial charge < -0.3 is 20.1 Å². The molecule has 2 unspecified atom stereocenters. The van der Waals surface area contributed by atoms with Crippen LogP contribution in [0.5, 0.6) is 11.6 Å². The highest BCUT2D eigenvalue weighted by Crippen LogP contribution is 2.36. The van der Waals surface area contributed by atoms with Gasteiger partial charge in [0.05, 0.1) is 24.4 Å². The number of nitrogens with zero attached hydrogens (tertiary/aromatic N) is 2. The van der Waals surface area contributed by atoms with Gasteiger partial charge in [-0.3, -0.25) is 24.5 Å². The number of carbonyl (C=O) groups is 4. The molecule has 0 spiro atoms. The quantitative estimate of drug-likeness (QED) is 0.232. The number of imide groups is 1. The van der Waals surface area contributed by atoms with Crippen LogP contribution in [0, 0.1) is 11.8 Å². The third kappa shape index (κ3) is 6.33. The van der Waals surface area contributed by atoms with Gasteiger partial charge >= 0.3 is 0 Å². The molecule has 3 aliphatic rings. The van der Waals surface area contributed by atoms with E-state index in [1.807, 2.05) is 0 Å². The summed E-state index contributed by atoms with van der Waals surface area (Å²) in [6.07, 6.45) is 6.86. The molecule has 1 saturated heterocycles. The number of nitrogen functional groups attached to an aromatic ring is 1. The van der Waals surface area contributed by atoms with E-state index < -0.39 is 5.92 Å². The molecule has 1 aliphatic heterocycles. The number of piperidine rings is 1. The number of carbonyl (C=O) groups excluding carboxylic acids is 4. The van der Waals surface area contributed by atoms with E-state index in [1.165, 1.54) is 0 Å². The zero-order valence-corrected chi connectivity index (χ0v) is 22.8. The Hall–Kier alpha value is -3.79. The predicted octanol–water partition coefficient (Wildman–Crippen LogP) is 3.19. The van der Waals surface area contributed by atoms with Crippen LogP contribution in [0.15, 0.2) is 36.5 Å². The number of nitrogens with two attached hydrogens (primary N) is 1. The van der Waals surface area contributed by atoms with E-state index in [0.717, 1.165) is 32.2 Å². The molecule has 0 bridgehead atoms.